The van der Waals surface area contributed by atoms with E-state index in [0.717, 1.165) is 11.5 Å². The molecule has 0 amide bonds. The molecule has 0 aliphatic heterocycles. The third-order valence-corrected chi connectivity index (χ3v) is 3.22. The lowest BCUT2D eigenvalue weighted by molar-refractivity contribution is 0.399. The van der Waals surface area contributed by atoms with Crippen LogP contribution in [-0.2, 0) is 6.54 Å². The van der Waals surface area contributed by atoms with Gasteiger partial charge in [0.25, 0.3) is 0 Å². The Morgan fingerprint density at radius 1 is 1.47 bits per heavy atom. The fourth-order valence-electron chi connectivity index (χ4n) is 1.98. The Bertz CT molecular complexity index is 345. The van der Waals surface area contributed by atoms with Crippen LogP contribution >= 0.6 is 0 Å². The van der Waals surface area contributed by atoms with Crippen LogP contribution < -0.4 is 10.6 Å². The monoisotopic (exact) mass is 205 g/mol. The van der Waals surface area contributed by atoms with E-state index in [9.17, 15) is 0 Å². The topological polar surface area (TPSA) is 42.1 Å². The quantitative estimate of drug-likeness (QED) is 0.818. The fraction of sp³-hybridized carbons (Fsp3) is 0.583. The lowest BCUT2D eigenvalue weighted by Crippen LogP contribution is -2.37. The van der Waals surface area contributed by atoms with Gasteiger partial charge in [-0.05, 0) is 43.9 Å². The van der Waals surface area contributed by atoms with Crippen molar-refractivity contribution in [1.82, 2.24) is 4.98 Å². The average Bonchev–Trinajstić information content (AvgIpc) is 2.14. The van der Waals surface area contributed by atoms with Gasteiger partial charge >= 0.3 is 0 Å². The molecule has 0 radical (unpaired) electrons. The normalized spacial score (nSPS) is 16.2. The Hall–Kier alpha value is -1.09. The van der Waals surface area contributed by atoms with Crippen LogP contribution in [0.2, 0.25) is 0 Å². The van der Waals surface area contributed by atoms with Crippen molar-refractivity contribution >= 4 is 5.82 Å². The molecule has 82 valence electrons. The van der Waals surface area contributed by atoms with Crippen LogP contribution in [0.25, 0.3) is 0 Å². The number of aryl methyl sites for hydroxylation is 1. The maximum atomic E-state index is 5.66. The van der Waals surface area contributed by atoms with Gasteiger partial charge in [0.15, 0.2) is 0 Å². The van der Waals surface area contributed by atoms with Crippen molar-refractivity contribution in [2.75, 3.05) is 11.9 Å². The number of nitrogens with two attached hydrogens (primary N) is 1. The van der Waals surface area contributed by atoms with Crippen LogP contribution in [-0.4, -0.2) is 18.1 Å². The summed E-state index contributed by atoms with van der Waals surface area (Å²) < 4.78 is 0. The van der Waals surface area contributed by atoms with E-state index in [-0.39, 0.29) is 0 Å². The lowest BCUT2D eigenvalue weighted by atomic mass is 9.92. The van der Waals surface area contributed by atoms with Crippen LogP contribution in [0.1, 0.15) is 30.5 Å². The summed E-state index contributed by atoms with van der Waals surface area (Å²) in [5.74, 6) is 1.07. The van der Waals surface area contributed by atoms with E-state index >= 15 is 0 Å². The molecule has 0 saturated heterocycles. The third-order valence-electron chi connectivity index (χ3n) is 3.22. The minimum Gasteiger partial charge on any atom is -0.357 e. The molecule has 1 aromatic rings. The minimum absolute atomic E-state index is 0.592. The van der Waals surface area contributed by atoms with Crippen molar-refractivity contribution in [3.05, 3.63) is 23.4 Å². The number of hydrogen-bond acceptors (Lipinski definition) is 3. The second-order valence-corrected chi connectivity index (χ2v) is 4.37. The minimum atomic E-state index is 0.592. The molecule has 1 heterocycles. The number of nitrogens with zero attached hydrogens (tertiary/aromatic N) is 2. The number of hydrogen-bond donors (Lipinski definition) is 1. The van der Waals surface area contributed by atoms with Crippen molar-refractivity contribution in [2.45, 2.75) is 38.8 Å². The van der Waals surface area contributed by atoms with Gasteiger partial charge in [-0.25, -0.2) is 4.98 Å². The second-order valence-electron chi connectivity index (χ2n) is 4.37. The Morgan fingerprint density at radius 2 is 2.20 bits per heavy atom. The van der Waals surface area contributed by atoms with Crippen LogP contribution in [0.3, 0.4) is 0 Å². The smallest absolute Gasteiger partial charge is 0.129 e. The van der Waals surface area contributed by atoms with Gasteiger partial charge < -0.3 is 10.6 Å². The molecule has 3 nitrogen and oxygen atoms in total. The van der Waals surface area contributed by atoms with Gasteiger partial charge in [0.2, 0.25) is 0 Å². The molecule has 15 heavy (non-hydrogen) atoms. The molecule has 1 aliphatic carbocycles. The summed E-state index contributed by atoms with van der Waals surface area (Å²) >= 11 is 0. The molecular formula is C12H19N3. The molecule has 1 aromatic heterocycles. The molecular weight excluding hydrogens is 186 g/mol. The zero-order chi connectivity index (χ0) is 10.8. The fourth-order valence-corrected chi connectivity index (χ4v) is 1.98. The van der Waals surface area contributed by atoms with Crippen LogP contribution in [0.5, 0.6) is 0 Å². The first kappa shape index (κ1) is 10.4. The summed E-state index contributed by atoms with van der Waals surface area (Å²) in [5.41, 5.74) is 7.89. The Labute approximate surface area is 91.3 Å². The lowest BCUT2D eigenvalue weighted by Gasteiger charge is -2.35. The number of anilines is 1. The number of aromatic nitrogens is 1. The van der Waals surface area contributed by atoms with Crippen LogP contribution in [0.4, 0.5) is 5.82 Å². The van der Waals surface area contributed by atoms with Gasteiger partial charge in [0.05, 0.1) is 0 Å². The summed E-state index contributed by atoms with van der Waals surface area (Å²) in [6.07, 6.45) is 3.94. The van der Waals surface area contributed by atoms with Crippen LogP contribution in [0.15, 0.2) is 12.1 Å². The van der Waals surface area contributed by atoms with Gasteiger partial charge in [-0.1, -0.05) is 0 Å². The van der Waals surface area contributed by atoms with E-state index in [2.05, 4.69) is 29.1 Å². The molecule has 0 aromatic carbocycles. The van der Waals surface area contributed by atoms with Gasteiger partial charge in [0.1, 0.15) is 5.82 Å². The summed E-state index contributed by atoms with van der Waals surface area (Å²) in [5, 5.41) is 0. The van der Waals surface area contributed by atoms with Crippen LogP contribution in [0, 0.1) is 6.92 Å². The molecule has 2 rings (SSSR count). The van der Waals surface area contributed by atoms with Gasteiger partial charge in [-0.15, -0.1) is 0 Å². The molecule has 2 N–H and O–H groups in total. The highest BCUT2D eigenvalue weighted by Gasteiger charge is 2.23. The van der Waals surface area contributed by atoms with E-state index in [4.69, 9.17) is 5.73 Å². The molecule has 3 heteroatoms. The predicted octanol–water partition coefficient (Wildman–Crippen LogP) is 1.84. The molecule has 1 saturated carbocycles. The summed E-state index contributed by atoms with van der Waals surface area (Å²) in [4.78, 5) is 6.84. The Balaban J connectivity index is 2.22. The molecule has 1 aliphatic rings. The Kier molecular flexibility index (Phi) is 2.91. The summed E-state index contributed by atoms with van der Waals surface area (Å²) in [6, 6.07) is 4.84. The molecule has 0 atom stereocenters. The maximum absolute atomic E-state index is 5.66. The molecule has 0 spiro atoms. The zero-order valence-corrected chi connectivity index (χ0v) is 9.53. The van der Waals surface area contributed by atoms with Gasteiger partial charge in [-0.3, -0.25) is 0 Å². The molecule has 0 unspecified atom stereocenters. The third kappa shape index (κ3) is 2.12. The predicted molar refractivity (Wildman–Crippen MR) is 62.9 cm³/mol. The van der Waals surface area contributed by atoms with Crippen molar-refractivity contribution < 1.29 is 0 Å². The first-order valence-electron chi connectivity index (χ1n) is 5.61. The second kappa shape index (κ2) is 4.19. The zero-order valence-electron chi connectivity index (χ0n) is 9.53. The SMILES string of the molecule is Cc1cc(CN)cc(N(C)C2CCC2)n1. The van der Waals surface area contributed by atoms with E-state index in [1.807, 2.05) is 6.92 Å². The standard InChI is InChI=1S/C12H19N3/c1-9-6-10(8-13)7-12(14-9)15(2)11-4-3-5-11/h6-7,11H,3-5,8,13H2,1-2H3. The molecule has 0 bridgehead atoms. The van der Waals surface area contributed by atoms with E-state index in [0.29, 0.717) is 12.6 Å². The van der Waals surface area contributed by atoms with Gasteiger partial charge in [0, 0.05) is 25.3 Å². The Morgan fingerprint density at radius 3 is 2.73 bits per heavy atom. The van der Waals surface area contributed by atoms with E-state index in [1.54, 1.807) is 0 Å². The van der Waals surface area contributed by atoms with Crippen molar-refractivity contribution in [1.29, 1.82) is 0 Å². The van der Waals surface area contributed by atoms with Crippen molar-refractivity contribution in [3.63, 3.8) is 0 Å². The first-order valence-corrected chi connectivity index (χ1v) is 5.61. The number of pyridine rings is 1. The highest BCUT2D eigenvalue weighted by molar-refractivity contribution is 5.43. The van der Waals surface area contributed by atoms with E-state index < -0.39 is 0 Å². The summed E-state index contributed by atoms with van der Waals surface area (Å²) in [6.45, 7) is 2.62. The largest absolute Gasteiger partial charge is 0.357 e. The van der Waals surface area contributed by atoms with Gasteiger partial charge in [-0.2, -0.15) is 0 Å². The van der Waals surface area contributed by atoms with Crippen molar-refractivity contribution in [2.24, 2.45) is 5.73 Å². The summed E-state index contributed by atoms with van der Waals surface area (Å²) in [7, 11) is 2.13. The average molecular weight is 205 g/mol. The molecule has 1 fully saturated rings. The van der Waals surface area contributed by atoms with E-state index in [1.165, 1.54) is 24.8 Å². The highest BCUT2D eigenvalue weighted by Crippen LogP contribution is 2.27. The first-order chi connectivity index (χ1) is 7.20. The maximum Gasteiger partial charge on any atom is 0.129 e. The van der Waals surface area contributed by atoms with Crippen molar-refractivity contribution in [3.8, 4) is 0 Å². The highest BCUT2D eigenvalue weighted by atomic mass is 15.2. The number of rotatable bonds is 3.